The molecule has 0 radical (unpaired) electrons. The van der Waals surface area contributed by atoms with Crippen LogP contribution in [0.5, 0.6) is 0 Å². The number of hydrogen-bond donors (Lipinski definition) is 1. The maximum absolute atomic E-state index is 8.52. The first-order chi connectivity index (χ1) is 8.46. The molecule has 1 N–H and O–H groups in total. The molecule has 18 heavy (non-hydrogen) atoms. The van der Waals surface area contributed by atoms with Gasteiger partial charge in [0.2, 0.25) is 0 Å². The van der Waals surface area contributed by atoms with Crippen molar-refractivity contribution in [2.75, 3.05) is 33.8 Å². The molecule has 0 aromatic heterocycles. The molecule has 1 rings (SSSR count). The summed E-state index contributed by atoms with van der Waals surface area (Å²) >= 11 is 0. The summed E-state index contributed by atoms with van der Waals surface area (Å²) < 4.78 is 0.913. The van der Waals surface area contributed by atoms with E-state index in [-0.39, 0.29) is 0 Å². The second-order valence-electron chi connectivity index (χ2n) is 5.42. The summed E-state index contributed by atoms with van der Waals surface area (Å²) in [5, 5.41) is 8.52. The van der Waals surface area contributed by atoms with E-state index in [0.29, 0.717) is 12.5 Å². The third-order valence-electron chi connectivity index (χ3n) is 3.54. The van der Waals surface area contributed by atoms with Gasteiger partial charge in [-0.1, -0.05) is 44.2 Å². The third kappa shape index (κ3) is 7.46. The fourth-order valence-corrected chi connectivity index (χ4v) is 1.45. The Morgan fingerprint density at radius 3 is 2.00 bits per heavy atom. The summed E-state index contributed by atoms with van der Waals surface area (Å²) in [7, 11) is 4.21. The predicted molar refractivity (Wildman–Crippen MR) is 79.8 cm³/mol. The molecule has 2 nitrogen and oxygen atoms in total. The van der Waals surface area contributed by atoms with Gasteiger partial charge in [0.25, 0.3) is 0 Å². The first kappa shape index (κ1) is 17.1. The van der Waals surface area contributed by atoms with Gasteiger partial charge in [0, 0.05) is 0 Å². The Bertz CT molecular complexity index is 295. The zero-order valence-electron chi connectivity index (χ0n) is 12.7. The fourth-order valence-electron chi connectivity index (χ4n) is 1.45. The van der Waals surface area contributed by atoms with Crippen molar-refractivity contribution in [1.29, 1.82) is 0 Å². The molecule has 0 saturated carbocycles. The fraction of sp³-hybridized carbons (Fsp3) is 0.625. The minimum atomic E-state index is 0.292. The van der Waals surface area contributed by atoms with Gasteiger partial charge >= 0.3 is 0 Å². The minimum absolute atomic E-state index is 0.292. The van der Waals surface area contributed by atoms with Crippen LogP contribution in [-0.4, -0.2) is 43.4 Å². The van der Waals surface area contributed by atoms with Crippen LogP contribution in [0.1, 0.15) is 38.7 Å². The van der Waals surface area contributed by atoms with E-state index in [9.17, 15) is 0 Å². The van der Waals surface area contributed by atoms with Crippen LogP contribution >= 0.6 is 0 Å². The maximum Gasteiger partial charge on any atom is 0.102 e. The molecule has 0 aliphatic rings. The van der Waals surface area contributed by atoms with Crippen LogP contribution < -0.4 is 0 Å². The summed E-state index contributed by atoms with van der Waals surface area (Å²) in [6.07, 6.45) is 1.23. The predicted octanol–water partition coefficient (Wildman–Crippen LogP) is 3.28. The van der Waals surface area contributed by atoms with Gasteiger partial charge in [0.05, 0.1) is 27.2 Å². The van der Waals surface area contributed by atoms with Gasteiger partial charge < -0.3 is 9.59 Å². The van der Waals surface area contributed by atoms with E-state index in [1.165, 1.54) is 12.0 Å². The summed E-state index contributed by atoms with van der Waals surface area (Å²) in [4.78, 5) is 0. The van der Waals surface area contributed by atoms with Gasteiger partial charge in [-0.05, 0) is 24.8 Å². The van der Waals surface area contributed by atoms with E-state index in [1.807, 2.05) is 0 Å². The molecule has 0 bridgehead atoms. The molecule has 1 aromatic carbocycles. The molecule has 0 fully saturated rings. The van der Waals surface area contributed by atoms with Crippen LogP contribution in [0.15, 0.2) is 30.3 Å². The van der Waals surface area contributed by atoms with E-state index in [1.54, 1.807) is 0 Å². The topological polar surface area (TPSA) is 20.2 Å². The average Bonchev–Trinajstić information content (AvgIpc) is 2.39. The van der Waals surface area contributed by atoms with Crippen molar-refractivity contribution < 1.29 is 9.59 Å². The molecule has 0 aliphatic heterocycles. The summed E-state index contributed by atoms with van der Waals surface area (Å²) in [6.45, 7) is 8.83. The Kier molecular flexibility index (Phi) is 8.69. The zero-order valence-corrected chi connectivity index (χ0v) is 12.7. The monoisotopic (exact) mass is 252 g/mol. The smallest absolute Gasteiger partial charge is 0.102 e. The van der Waals surface area contributed by atoms with Gasteiger partial charge in [0.15, 0.2) is 0 Å². The van der Waals surface area contributed by atoms with Crippen molar-refractivity contribution in [2.24, 2.45) is 0 Å². The number of rotatable bonds is 5. The molecule has 1 atom stereocenters. The lowest BCUT2D eigenvalue weighted by Gasteiger charge is -2.26. The first-order valence-corrected chi connectivity index (χ1v) is 6.94. The minimum Gasteiger partial charge on any atom is -0.391 e. The Morgan fingerprint density at radius 2 is 1.67 bits per heavy atom. The number of aliphatic hydroxyl groups excluding tert-OH is 1. The SMILES string of the molecule is CCC(C)c1ccccc1.CC[N+](C)(C)CCO. The second-order valence-corrected chi connectivity index (χ2v) is 5.42. The highest BCUT2D eigenvalue weighted by Gasteiger charge is 2.08. The van der Waals surface area contributed by atoms with E-state index in [4.69, 9.17) is 5.11 Å². The quantitative estimate of drug-likeness (QED) is 0.797. The maximum atomic E-state index is 8.52. The van der Waals surface area contributed by atoms with Gasteiger partial charge in [-0.15, -0.1) is 0 Å². The second kappa shape index (κ2) is 9.12. The zero-order chi connectivity index (χ0) is 14.0. The summed E-state index contributed by atoms with van der Waals surface area (Å²) in [5.74, 6) is 0.709. The Balaban J connectivity index is 0.000000331. The first-order valence-electron chi connectivity index (χ1n) is 6.94. The number of likely N-dealkylation sites (N-methyl/N-ethyl adjacent to an activating group) is 1. The Morgan fingerprint density at radius 1 is 1.11 bits per heavy atom. The normalized spacial score (nSPS) is 12.6. The van der Waals surface area contributed by atoms with E-state index in [0.717, 1.165) is 17.6 Å². The van der Waals surface area contributed by atoms with E-state index < -0.39 is 0 Å². The van der Waals surface area contributed by atoms with Crippen LogP contribution in [0.25, 0.3) is 0 Å². The third-order valence-corrected chi connectivity index (χ3v) is 3.54. The number of aliphatic hydroxyl groups is 1. The van der Waals surface area contributed by atoms with E-state index in [2.05, 4.69) is 65.2 Å². The van der Waals surface area contributed by atoms with Crippen molar-refractivity contribution in [1.82, 2.24) is 0 Å². The molecule has 0 amide bonds. The standard InChI is InChI=1S/C10H14.C6H16NO/c1-3-9(2)10-7-5-4-6-8-10;1-4-7(2,3)5-6-8/h4-9H,3H2,1-2H3;8H,4-6H2,1-3H3/q;+1. The highest BCUT2D eigenvalue weighted by atomic mass is 16.3. The molecule has 0 spiro atoms. The number of nitrogens with zero attached hydrogens (tertiary/aromatic N) is 1. The summed E-state index contributed by atoms with van der Waals surface area (Å²) in [5.41, 5.74) is 1.45. The average molecular weight is 252 g/mol. The summed E-state index contributed by atoms with van der Waals surface area (Å²) in [6, 6.07) is 10.6. The molecular weight excluding hydrogens is 222 g/mol. The van der Waals surface area contributed by atoms with Crippen molar-refractivity contribution in [3.8, 4) is 0 Å². The van der Waals surface area contributed by atoms with Crippen molar-refractivity contribution in [3.63, 3.8) is 0 Å². The largest absolute Gasteiger partial charge is 0.391 e. The molecule has 0 aliphatic carbocycles. The van der Waals surface area contributed by atoms with Crippen LogP contribution in [0.3, 0.4) is 0 Å². The molecule has 0 heterocycles. The number of benzene rings is 1. The number of quaternary nitrogens is 1. The van der Waals surface area contributed by atoms with Crippen LogP contribution in [0.4, 0.5) is 0 Å². The lowest BCUT2D eigenvalue weighted by Crippen LogP contribution is -2.41. The van der Waals surface area contributed by atoms with Gasteiger partial charge in [0.1, 0.15) is 6.54 Å². The number of hydrogen-bond acceptors (Lipinski definition) is 1. The van der Waals surface area contributed by atoms with Crippen molar-refractivity contribution in [2.45, 2.75) is 33.1 Å². The lowest BCUT2D eigenvalue weighted by atomic mass is 9.99. The highest BCUT2D eigenvalue weighted by Crippen LogP contribution is 2.16. The molecule has 2 heteroatoms. The van der Waals surface area contributed by atoms with Gasteiger partial charge in [-0.25, -0.2) is 0 Å². The van der Waals surface area contributed by atoms with Gasteiger partial charge in [-0.3, -0.25) is 0 Å². The molecule has 1 aromatic rings. The molecule has 0 saturated heterocycles. The van der Waals surface area contributed by atoms with Crippen molar-refractivity contribution in [3.05, 3.63) is 35.9 Å². The van der Waals surface area contributed by atoms with Crippen LogP contribution in [0.2, 0.25) is 0 Å². The lowest BCUT2D eigenvalue weighted by molar-refractivity contribution is -0.888. The van der Waals surface area contributed by atoms with Crippen molar-refractivity contribution >= 4 is 0 Å². The van der Waals surface area contributed by atoms with Crippen LogP contribution in [0, 0.1) is 0 Å². The van der Waals surface area contributed by atoms with Gasteiger partial charge in [-0.2, -0.15) is 0 Å². The molecule has 1 unspecified atom stereocenters. The molecular formula is C16H30NO+. The van der Waals surface area contributed by atoms with E-state index >= 15 is 0 Å². The van der Waals surface area contributed by atoms with Crippen LogP contribution in [-0.2, 0) is 0 Å². The Labute approximate surface area is 113 Å². The Hall–Kier alpha value is -0.860. The highest BCUT2D eigenvalue weighted by molar-refractivity contribution is 5.18. The molecule has 104 valence electrons.